The number of ether oxygens (including phenoxy) is 1. The molecule has 5 heteroatoms. The fraction of sp³-hybridized carbons (Fsp3) is 0.700. The lowest BCUT2D eigenvalue weighted by molar-refractivity contribution is -0.132. The molecule has 82 valence electrons. The molecule has 15 heavy (non-hydrogen) atoms. The second kappa shape index (κ2) is 4.53. The van der Waals surface area contributed by atoms with Gasteiger partial charge in [-0.3, -0.25) is 9.48 Å². The molecule has 1 aliphatic heterocycles. The maximum absolute atomic E-state index is 11.8. The summed E-state index contributed by atoms with van der Waals surface area (Å²) < 4.78 is 7.05. The Hall–Kier alpha value is -1.23. The zero-order chi connectivity index (χ0) is 10.7. The summed E-state index contributed by atoms with van der Waals surface area (Å²) in [5.74, 6) is 0.819. The number of carbonyl (C=O) groups is 1. The van der Waals surface area contributed by atoms with Gasteiger partial charge < -0.3 is 4.74 Å². The average Bonchev–Trinajstić information content (AvgIpc) is 2.66. The van der Waals surface area contributed by atoms with Crippen LogP contribution < -0.4 is 0 Å². The molecule has 0 spiro atoms. The molecule has 1 aromatic rings. The van der Waals surface area contributed by atoms with Gasteiger partial charge in [-0.05, 0) is 19.3 Å². The Balaban J connectivity index is 1.94. The van der Waals surface area contributed by atoms with Crippen molar-refractivity contribution in [1.29, 1.82) is 0 Å². The fourth-order valence-electron chi connectivity index (χ4n) is 1.74. The highest BCUT2D eigenvalue weighted by molar-refractivity contribution is 5.84. The maximum Gasteiger partial charge on any atom is 0.169 e. The molecule has 1 fully saturated rings. The molecule has 0 N–H and O–H groups in total. The van der Waals surface area contributed by atoms with Gasteiger partial charge in [-0.2, -0.15) is 5.10 Å². The van der Waals surface area contributed by atoms with Crippen molar-refractivity contribution in [3.8, 4) is 0 Å². The van der Waals surface area contributed by atoms with Gasteiger partial charge in [-0.25, -0.2) is 4.98 Å². The number of rotatable bonds is 3. The number of Topliss-reactive ketones (excluding diaryl/α,β-unsaturated/α-hetero) is 1. The van der Waals surface area contributed by atoms with Crippen molar-refractivity contribution < 1.29 is 9.53 Å². The summed E-state index contributed by atoms with van der Waals surface area (Å²) >= 11 is 0. The van der Waals surface area contributed by atoms with Crippen molar-refractivity contribution in [1.82, 2.24) is 14.8 Å². The van der Waals surface area contributed by atoms with E-state index in [1.54, 1.807) is 11.7 Å². The van der Waals surface area contributed by atoms with Crippen molar-refractivity contribution in [3.63, 3.8) is 0 Å². The molecule has 2 heterocycles. The van der Waals surface area contributed by atoms with Crippen LogP contribution in [-0.4, -0.2) is 33.3 Å². The van der Waals surface area contributed by atoms with Crippen LogP contribution in [-0.2, 0) is 23.0 Å². The number of hydrogen-bond donors (Lipinski definition) is 0. The van der Waals surface area contributed by atoms with E-state index in [9.17, 15) is 4.79 Å². The van der Waals surface area contributed by atoms with Crippen molar-refractivity contribution in [2.24, 2.45) is 7.05 Å². The Morgan fingerprint density at radius 3 is 3.13 bits per heavy atom. The highest BCUT2D eigenvalue weighted by Crippen LogP contribution is 2.14. The normalized spacial score (nSPS) is 21.5. The van der Waals surface area contributed by atoms with Gasteiger partial charge in [0.1, 0.15) is 18.3 Å². The third-order valence-electron chi connectivity index (χ3n) is 2.68. The summed E-state index contributed by atoms with van der Waals surface area (Å²) in [7, 11) is 1.79. The van der Waals surface area contributed by atoms with E-state index in [2.05, 4.69) is 10.1 Å². The molecule has 1 saturated heterocycles. The van der Waals surface area contributed by atoms with Gasteiger partial charge in [-0.1, -0.05) is 0 Å². The van der Waals surface area contributed by atoms with Crippen molar-refractivity contribution >= 4 is 5.78 Å². The molecular formula is C10H15N3O2. The lowest BCUT2D eigenvalue weighted by atomic mass is 10.0. The minimum Gasteiger partial charge on any atom is -0.370 e. The molecule has 0 bridgehead atoms. The fourth-order valence-corrected chi connectivity index (χ4v) is 1.74. The van der Waals surface area contributed by atoms with Crippen LogP contribution in [0.15, 0.2) is 6.33 Å². The van der Waals surface area contributed by atoms with Gasteiger partial charge >= 0.3 is 0 Å². The monoisotopic (exact) mass is 209 g/mol. The van der Waals surface area contributed by atoms with E-state index < -0.39 is 0 Å². The minimum absolute atomic E-state index is 0.116. The summed E-state index contributed by atoms with van der Waals surface area (Å²) in [6, 6.07) is 0. The standard InChI is InChI=1S/C10H15N3O2/c1-13-10(11-7-12-13)6-8(14)9-4-2-3-5-15-9/h7,9H,2-6H2,1H3. The SMILES string of the molecule is Cn1ncnc1CC(=O)C1CCCCO1. The Kier molecular flexibility index (Phi) is 3.11. The van der Waals surface area contributed by atoms with Crippen LogP contribution in [0.3, 0.4) is 0 Å². The van der Waals surface area contributed by atoms with Crippen LogP contribution in [0.25, 0.3) is 0 Å². The van der Waals surface area contributed by atoms with Crippen LogP contribution in [0.5, 0.6) is 0 Å². The summed E-state index contributed by atoms with van der Waals surface area (Å²) in [6.07, 6.45) is 4.54. The molecular weight excluding hydrogens is 194 g/mol. The summed E-state index contributed by atoms with van der Waals surface area (Å²) in [6.45, 7) is 0.704. The Morgan fingerprint density at radius 1 is 1.67 bits per heavy atom. The van der Waals surface area contributed by atoms with Gasteiger partial charge in [0, 0.05) is 13.7 Å². The first-order valence-electron chi connectivity index (χ1n) is 5.24. The van der Waals surface area contributed by atoms with Crippen molar-refractivity contribution in [2.45, 2.75) is 31.8 Å². The molecule has 0 amide bonds. The molecule has 0 radical (unpaired) electrons. The van der Waals surface area contributed by atoms with Gasteiger partial charge in [0.2, 0.25) is 0 Å². The molecule has 0 aromatic carbocycles. The first-order valence-corrected chi connectivity index (χ1v) is 5.24. The molecule has 1 unspecified atom stereocenters. The second-order valence-electron chi connectivity index (χ2n) is 3.80. The summed E-state index contributed by atoms with van der Waals surface area (Å²) in [4.78, 5) is 15.8. The largest absolute Gasteiger partial charge is 0.370 e. The van der Waals surface area contributed by atoms with Crippen LogP contribution in [0, 0.1) is 0 Å². The van der Waals surface area contributed by atoms with Crippen molar-refractivity contribution in [3.05, 3.63) is 12.2 Å². The molecule has 0 aliphatic carbocycles. The maximum atomic E-state index is 11.8. The second-order valence-corrected chi connectivity index (χ2v) is 3.80. The Labute approximate surface area is 88.4 Å². The van der Waals surface area contributed by atoms with Crippen LogP contribution in [0.1, 0.15) is 25.1 Å². The summed E-state index contributed by atoms with van der Waals surface area (Å²) in [5.41, 5.74) is 0. The smallest absolute Gasteiger partial charge is 0.169 e. The number of aromatic nitrogens is 3. The zero-order valence-electron chi connectivity index (χ0n) is 8.85. The zero-order valence-corrected chi connectivity index (χ0v) is 8.85. The van der Waals surface area contributed by atoms with E-state index in [0.29, 0.717) is 18.9 Å². The third kappa shape index (κ3) is 2.41. The van der Waals surface area contributed by atoms with E-state index in [-0.39, 0.29) is 11.9 Å². The lowest BCUT2D eigenvalue weighted by Crippen LogP contribution is -2.30. The number of nitrogens with zero attached hydrogens (tertiary/aromatic N) is 3. The highest BCUT2D eigenvalue weighted by atomic mass is 16.5. The third-order valence-corrected chi connectivity index (χ3v) is 2.68. The predicted molar refractivity (Wildman–Crippen MR) is 53.3 cm³/mol. The van der Waals surface area contributed by atoms with Gasteiger partial charge in [-0.15, -0.1) is 0 Å². The quantitative estimate of drug-likeness (QED) is 0.727. The van der Waals surface area contributed by atoms with Crippen LogP contribution in [0.4, 0.5) is 0 Å². The van der Waals surface area contributed by atoms with E-state index in [4.69, 9.17) is 4.74 Å². The minimum atomic E-state index is -0.226. The molecule has 2 rings (SSSR count). The van der Waals surface area contributed by atoms with E-state index in [1.165, 1.54) is 6.33 Å². The van der Waals surface area contributed by atoms with E-state index in [0.717, 1.165) is 19.3 Å². The van der Waals surface area contributed by atoms with Gasteiger partial charge in [0.15, 0.2) is 5.78 Å². The van der Waals surface area contributed by atoms with Gasteiger partial charge in [0.05, 0.1) is 6.42 Å². The topological polar surface area (TPSA) is 57.0 Å². The number of hydrogen-bond acceptors (Lipinski definition) is 4. The van der Waals surface area contributed by atoms with Gasteiger partial charge in [0.25, 0.3) is 0 Å². The van der Waals surface area contributed by atoms with E-state index in [1.807, 2.05) is 0 Å². The number of aryl methyl sites for hydroxylation is 1. The first-order chi connectivity index (χ1) is 7.27. The van der Waals surface area contributed by atoms with Crippen LogP contribution >= 0.6 is 0 Å². The summed E-state index contributed by atoms with van der Waals surface area (Å²) in [5, 5.41) is 3.93. The van der Waals surface area contributed by atoms with Crippen LogP contribution in [0.2, 0.25) is 0 Å². The number of ketones is 1. The molecule has 5 nitrogen and oxygen atoms in total. The predicted octanol–water partition coefficient (Wildman–Crippen LogP) is 0.496. The Morgan fingerprint density at radius 2 is 2.53 bits per heavy atom. The molecule has 1 aromatic heterocycles. The average molecular weight is 209 g/mol. The molecule has 1 atom stereocenters. The molecule has 0 saturated carbocycles. The Bertz CT molecular complexity index is 342. The molecule has 1 aliphatic rings. The lowest BCUT2D eigenvalue weighted by Gasteiger charge is -2.20. The number of carbonyl (C=O) groups excluding carboxylic acids is 1. The van der Waals surface area contributed by atoms with Crippen molar-refractivity contribution in [2.75, 3.05) is 6.61 Å². The highest BCUT2D eigenvalue weighted by Gasteiger charge is 2.23. The van der Waals surface area contributed by atoms with E-state index >= 15 is 0 Å². The first kappa shape index (κ1) is 10.3.